The molecule has 1 aliphatic heterocycles. The molecule has 1 saturated heterocycles. The van der Waals surface area contributed by atoms with Gasteiger partial charge < -0.3 is 9.45 Å². The quantitative estimate of drug-likeness (QED) is 0.540. The number of hydrogen-bond donors (Lipinski definition) is 0. The summed E-state index contributed by atoms with van der Waals surface area (Å²) in [6.45, 7) is 11.1. The Labute approximate surface area is 178 Å². The molecule has 0 aromatic carbocycles. The van der Waals surface area contributed by atoms with Crippen molar-refractivity contribution in [3.05, 3.63) is 39.3 Å². The fourth-order valence-corrected chi connectivity index (χ4v) is 4.00. The molecule has 164 valence electrons. The summed E-state index contributed by atoms with van der Waals surface area (Å²) in [5.41, 5.74) is 2.51. The van der Waals surface area contributed by atoms with E-state index in [4.69, 9.17) is 4.98 Å². The van der Waals surface area contributed by atoms with Crippen LogP contribution in [-0.2, 0) is 11.4 Å². The van der Waals surface area contributed by atoms with Gasteiger partial charge in [0.05, 0.1) is 11.3 Å². The minimum absolute atomic E-state index is 0.138. The van der Waals surface area contributed by atoms with Crippen LogP contribution in [0.2, 0.25) is 0 Å². The Bertz CT molecular complexity index is 1050. The molecular weight excluding hydrogens is 410 g/mol. The van der Waals surface area contributed by atoms with Crippen molar-refractivity contribution in [3.8, 4) is 0 Å². The van der Waals surface area contributed by atoms with Crippen molar-refractivity contribution in [1.82, 2.24) is 9.38 Å². The minimum Gasteiger partial charge on any atom is -0.591 e. The summed E-state index contributed by atoms with van der Waals surface area (Å²) < 4.78 is 45.0. The maximum atomic E-state index is 13.6. The summed E-state index contributed by atoms with van der Waals surface area (Å²) in [4.78, 5) is 19.5. The third-order valence-corrected chi connectivity index (χ3v) is 6.68. The Morgan fingerprint density at radius 3 is 2.43 bits per heavy atom. The number of aromatic nitrogens is 2. The van der Waals surface area contributed by atoms with Gasteiger partial charge in [0.15, 0.2) is 5.65 Å². The molecule has 1 unspecified atom stereocenters. The summed E-state index contributed by atoms with van der Waals surface area (Å²) in [6.07, 6.45) is 1.17. The average Bonchev–Trinajstić information content (AvgIpc) is 2.64. The van der Waals surface area contributed by atoms with Crippen LogP contribution in [0.3, 0.4) is 0 Å². The van der Waals surface area contributed by atoms with Crippen LogP contribution in [0.15, 0.2) is 21.5 Å². The largest absolute Gasteiger partial charge is 0.591 e. The van der Waals surface area contributed by atoms with Gasteiger partial charge in [-0.3, -0.25) is 9.20 Å². The SMILES string of the molecule is CC(=N[S+]([O-])C(C)(C)C)c1cc(C)cn2c(=O)c(C)c(N3CCC(F)(F)CC3)nc12. The van der Waals surface area contributed by atoms with Gasteiger partial charge in [-0.1, -0.05) is 4.40 Å². The van der Waals surface area contributed by atoms with E-state index in [1.807, 2.05) is 33.8 Å². The number of aryl methyl sites for hydroxylation is 1. The highest BCUT2D eigenvalue weighted by molar-refractivity contribution is 7.91. The molecule has 1 atom stereocenters. The van der Waals surface area contributed by atoms with E-state index in [-0.39, 0.29) is 31.5 Å². The monoisotopic (exact) mass is 438 g/mol. The predicted molar refractivity (Wildman–Crippen MR) is 117 cm³/mol. The van der Waals surface area contributed by atoms with Gasteiger partial charge in [0.25, 0.3) is 11.5 Å². The minimum atomic E-state index is -2.68. The molecular formula is C21H28F2N4O2S. The molecule has 0 spiro atoms. The summed E-state index contributed by atoms with van der Waals surface area (Å²) in [5.74, 6) is -2.26. The molecule has 0 aliphatic carbocycles. The van der Waals surface area contributed by atoms with Crippen molar-refractivity contribution in [2.75, 3.05) is 18.0 Å². The molecule has 6 nitrogen and oxygen atoms in total. The second-order valence-corrected chi connectivity index (χ2v) is 10.8. The summed E-state index contributed by atoms with van der Waals surface area (Å²) in [6, 6.07) is 1.85. The van der Waals surface area contributed by atoms with Crippen LogP contribution in [0.4, 0.5) is 14.6 Å². The molecule has 0 saturated carbocycles. The van der Waals surface area contributed by atoms with Gasteiger partial charge in [-0.15, -0.1) is 0 Å². The second-order valence-electron chi connectivity index (χ2n) is 8.87. The van der Waals surface area contributed by atoms with E-state index in [1.165, 1.54) is 4.40 Å². The first-order valence-electron chi connectivity index (χ1n) is 9.94. The van der Waals surface area contributed by atoms with Crippen molar-refractivity contribution < 1.29 is 13.3 Å². The van der Waals surface area contributed by atoms with Gasteiger partial charge in [-0.05, 0) is 53.2 Å². The maximum Gasteiger partial charge on any atom is 0.262 e. The van der Waals surface area contributed by atoms with Crippen molar-refractivity contribution in [2.24, 2.45) is 4.40 Å². The first-order valence-corrected chi connectivity index (χ1v) is 11.0. The fourth-order valence-electron chi connectivity index (χ4n) is 3.38. The van der Waals surface area contributed by atoms with Gasteiger partial charge in [-0.2, -0.15) is 0 Å². The van der Waals surface area contributed by atoms with Crippen LogP contribution in [0.25, 0.3) is 5.65 Å². The summed E-state index contributed by atoms with van der Waals surface area (Å²) >= 11 is -1.47. The van der Waals surface area contributed by atoms with Gasteiger partial charge in [-0.25, -0.2) is 13.8 Å². The van der Waals surface area contributed by atoms with E-state index in [0.717, 1.165) is 5.56 Å². The summed E-state index contributed by atoms with van der Waals surface area (Å²) in [5, 5.41) is 0. The lowest BCUT2D eigenvalue weighted by Crippen LogP contribution is -2.41. The van der Waals surface area contributed by atoms with Gasteiger partial charge in [0.2, 0.25) is 0 Å². The Balaban J connectivity index is 2.16. The van der Waals surface area contributed by atoms with Crippen LogP contribution in [0, 0.1) is 13.8 Å². The lowest BCUT2D eigenvalue weighted by Gasteiger charge is -2.33. The van der Waals surface area contributed by atoms with Crippen molar-refractivity contribution >= 4 is 28.5 Å². The molecule has 1 aliphatic rings. The van der Waals surface area contributed by atoms with Crippen molar-refractivity contribution in [3.63, 3.8) is 0 Å². The molecule has 0 N–H and O–H groups in total. The van der Waals surface area contributed by atoms with Crippen molar-refractivity contribution in [1.29, 1.82) is 0 Å². The Kier molecular flexibility index (Phi) is 5.99. The number of fused-ring (bicyclic) bond motifs is 1. The highest BCUT2D eigenvalue weighted by Crippen LogP contribution is 2.31. The molecule has 3 rings (SSSR count). The van der Waals surface area contributed by atoms with Gasteiger partial charge in [0, 0.05) is 37.7 Å². The summed E-state index contributed by atoms with van der Waals surface area (Å²) in [7, 11) is 0. The van der Waals surface area contributed by atoms with E-state index < -0.39 is 22.0 Å². The number of pyridine rings is 1. The van der Waals surface area contributed by atoms with Gasteiger partial charge >= 0.3 is 0 Å². The van der Waals surface area contributed by atoms with Crippen LogP contribution in [0.5, 0.6) is 0 Å². The Morgan fingerprint density at radius 1 is 1.27 bits per heavy atom. The Morgan fingerprint density at radius 2 is 1.87 bits per heavy atom. The highest BCUT2D eigenvalue weighted by atomic mass is 32.2. The number of piperidine rings is 1. The molecule has 1 fully saturated rings. The zero-order chi connectivity index (χ0) is 22.4. The number of halogens is 2. The molecule has 30 heavy (non-hydrogen) atoms. The standard InChI is InChI=1S/C21H28F2N4O2S/c1-13-11-16(15(3)25-30(29)20(4,5)6)18-24-17(14(2)19(28)27(18)12-13)26-9-7-21(22,23)8-10-26/h11-12H,7-10H2,1-6H3. The molecule has 2 aromatic rings. The van der Waals surface area contributed by atoms with Crippen LogP contribution in [-0.4, -0.2) is 43.4 Å². The van der Waals surface area contributed by atoms with E-state index in [1.54, 1.807) is 24.9 Å². The normalized spacial score (nSPS) is 18.7. The lowest BCUT2D eigenvalue weighted by atomic mass is 10.1. The van der Waals surface area contributed by atoms with Crippen LogP contribution < -0.4 is 10.5 Å². The third kappa shape index (κ3) is 4.51. The van der Waals surface area contributed by atoms with Crippen molar-refractivity contribution in [2.45, 2.75) is 65.1 Å². The molecule has 2 aromatic heterocycles. The fraction of sp³-hybridized carbons (Fsp3) is 0.571. The topological polar surface area (TPSA) is 73.0 Å². The molecule has 9 heteroatoms. The number of hydrogen-bond acceptors (Lipinski definition) is 5. The van der Waals surface area contributed by atoms with Crippen LogP contribution in [0.1, 0.15) is 57.2 Å². The third-order valence-electron chi connectivity index (χ3n) is 5.19. The number of nitrogens with zero attached hydrogens (tertiary/aromatic N) is 4. The lowest BCUT2D eigenvalue weighted by molar-refractivity contribution is -0.0221. The molecule has 0 radical (unpaired) electrons. The number of alkyl halides is 2. The average molecular weight is 439 g/mol. The zero-order valence-corrected chi connectivity index (χ0v) is 19.1. The molecule has 0 amide bonds. The zero-order valence-electron chi connectivity index (χ0n) is 18.3. The van der Waals surface area contributed by atoms with E-state index in [0.29, 0.717) is 28.3 Å². The van der Waals surface area contributed by atoms with E-state index >= 15 is 0 Å². The van der Waals surface area contributed by atoms with E-state index in [9.17, 15) is 18.1 Å². The van der Waals surface area contributed by atoms with Crippen LogP contribution >= 0.6 is 0 Å². The maximum absolute atomic E-state index is 13.6. The second kappa shape index (κ2) is 7.92. The Hall–Kier alpha value is -2.00. The molecule has 3 heterocycles. The highest BCUT2D eigenvalue weighted by Gasteiger charge is 2.35. The first-order chi connectivity index (χ1) is 13.8. The first kappa shape index (κ1) is 22.7. The van der Waals surface area contributed by atoms with E-state index in [2.05, 4.69) is 4.40 Å². The molecule has 0 bridgehead atoms. The smallest absolute Gasteiger partial charge is 0.262 e. The predicted octanol–water partition coefficient (Wildman–Crippen LogP) is 3.82. The number of rotatable bonds is 3. The van der Waals surface area contributed by atoms with Gasteiger partial charge in [0.1, 0.15) is 21.9 Å². The number of anilines is 1.